The number of hydrogen-bond acceptors (Lipinski definition) is 4. The molecule has 0 saturated heterocycles. The first-order valence-electron chi connectivity index (χ1n) is 6.33. The summed E-state index contributed by atoms with van der Waals surface area (Å²) in [5.74, 6) is -0.314. The number of esters is 1. The molecule has 0 aliphatic heterocycles. The van der Waals surface area contributed by atoms with E-state index < -0.39 is 0 Å². The van der Waals surface area contributed by atoms with E-state index in [1.165, 1.54) is 12.0 Å². The number of benzene rings is 1. The summed E-state index contributed by atoms with van der Waals surface area (Å²) >= 11 is 0. The van der Waals surface area contributed by atoms with Crippen LogP contribution in [0.3, 0.4) is 0 Å². The van der Waals surface area contributed by atoms with Crippen molar-refractivity contribution in [3.8, 4) is 0 Å². The van der Waals surface area contributed by atoms with Gasteiger partial charge in [0.15, 0.2) is 5.76 Å². The molecule has 0 N–H and O–H groups in total. The molecule has 5 nitrogen and oxygen atoms in total. The van der Waals surface area contributed by atoms with E-state index >= 15 is 0 Å². The van der Waals surface area contributed by atoms with E-state index in [1.54, 1.807) is 13.1 Å². The standard InChI is InChI=1S/C15H17NO4/c1-10-4-5-12-11(8-10)9-13(20-12)15(18)16(2)7-6-14(17)19-3/h4-5,8-9H,6-7H2,1-3H3. The van der Waals surface area contributed by atoms with E-state index in [9.17, 15) is 9.59 Å². The number of rotatable bonds is 4. The quantitative estimate of drug-likeness (QED) is 0.804. The van der Waals surface area contributed by atoms with Crippen LogP contribution >= 0.6 is 0 Å². The molecule has 2 aromatic rings. The highest BCUT2D eigenvalue weighted by atomic mass is 16.5. The molecule has 1 amide bonds. The highest BCUT2D eigenvalue weighted by molar-refractivity contribution is 5.96. The zero-order valence-corrected chi connectivity index (χ0v) is 11.8. The molecule has 2 rings (SSSR count). The van der Waals surface area contributed by atoms with Crippen LogP contribution in [0.4, 0.5) is 0 Å². The molecule has 0 aliphatic carbocycles. The van der Waals surface area contributed by atoms with Crippen molar-refractivity contribution >= 4 is 22.8 Å². The van der Waals surface area contributed by atoms with E-state index in [-0.39, 0.29) is 24.1 Å². The van der Waals surface area contributed by atoms with Crippen LogP contribution in [-0.2, 0) is 9.53 Å². The lowest BCUT2D eigenvalue weighted by Gasteiger charge is -2.14. The first-order valence-corrected chi connectivity index (χ1v) is 6.33. The van der Waals surface area contributed by atoms with E-state index in [0.717, 1.165) is 10.9 Å². The molecule has 20 heavy (non-hydrogen) atoms. The Morgan fingerprint density at radius 2 is 2.05 bits per heavy atom. The van der Waals surface area contributed by atoms with Gasteiger partial charge in [-0.3, -0.25) is 9.59 Å². The third kappa shape index (κ3) is 2.99. The van der Waals surface area contributed by atoms with Crippen molar-refractivity contribution in [3.05, 3.63) is 35.6 Å². The van der Waals surface area contributed by atoms with Crippen molar-refractivity contribution in [1.82, 2.24) is 4.90 Å². The summed E-state index contributed by atoms with van der Waals surface area (Å²) in [5.41, 5.74) is 1.79. The van der Waals surface area contributed by atoms with Gasteiger partial charge in [-0.05, 0) is 25.1 Å². The Morgan fingerprint density at radius 3 is 2.75 bits per heavy atom. The highest BCUT2D eigenvalue weighted by Gasteiger charge is 2.17. The number of methoxy groups -OCH3 is 1. The van der Waals surface area contributed by atoms with Crippen LogP contribution in [0.25, 0.3) is 11.0 Å². The average molecular weight is 275 g/mol. The maximum absolute atomic E-state index is 12.2. The summed E-state index contributed by atoms with van der Waals surface area (Å²) in [7, 11) is 2.95. The number of furan rings is 1. The molecule has 0 fully saturated rings. The fourth-order valence-corrected chi connectivity index (χ4v) is 1.92. The van der Waals surface area contributed by atoms with Gasteiger partial charge in [0.05, 0.1) is 13.5 Å². The second-order valence-electron chi connectivity index (χ2n) is 4.70. The lowest BCUT2D eigenvalue weighted by molar-refractivity contribution is -0.140. The van der Waals surface area contributed by atoms with Gasteiger partial charge < -0.3 is 14.1 Å². The topological polar surface area (TPSA) is 59.8 Å². The Balaban J connectivity index is 2.12. The molecule has 5 heteroatoms. The van der Waals surface area contributed by atoms with Crippen molar-refractivity contribution in [2.45, 2.75) is 13.3 Å². The van der Waals surface area contributed by atoms with Gasteiger partial charge in [0, 0.05) is 19.0 Å². The number of fused-ring (bicyclic) bond motifs is 1. The van der Waals surface area contributed by atoms with Gasteiger partial charge in [-0.25, -0.2) is 0 Å². The van der Waals surface area contributed by atoms with Gasteiger partial charge in [-0.2, -0.15) is 0 Å². The predicted molar refractivity (Wildman–Crippen MR) is 74.5 cm³/mol. The molecule has 1 heterocycles. The van der Waals surface area contributed by atoms with E-state index in [0.29, 0.717) is 12.1 Å². The zero-order valence-electron chi connectivity index (χ0n) is 11.8. The number of hydrogen-bond donors (Lipinski definition) is 0. The van der Waals surface area contributed by atoms with Crippen molar-refractivity contribution in [3.63, 3.8) is 0 Å². The van der Waals surface area contributed by atoms with Crippen LogP contribution in [-0.4, -0.2) is 37.5 Å². The normalized spacial score (nSPS) is 10.6. The summed E-state index contributed by atoms with van der Waals surface area (Å²) in [4.78, 5) is 24.7. The molecule has 1 aromatic carbocycles. The fraction of sp³-hybridized carbons (Fsp3) is 0.333. The Bertz CT molecular complexity index is 644. The van der Waals surface area contributed by atoms with E-state index in [4.69, 9.17) is 4.42 Å². The summed E-state index contributed by atoms with van der Waals surface area (Å²) < 4.78 is 10.1. The number of nitrogens with zero attached hydrogens (tertiary/aromatic N) is 1. The third-order valence-electron chi connectivity index (χ3n) is 3.11. The van der Waals surface area contributed by atoms with E-state index in [1.807, 2.05) is 25.1 Å². The molecule has 0 saturated carbocycles. The van der Waals surface area contributed by atoms with Gasteiger partial charge in [0.2, 0.25) is 0 Å². The minimum atomic E-state index is -0.343. The number of amides is 1. The van der Waals surface area contributed by atoms with E-state index in [2.05, 4.69) is 4.74 Å². The molecule has 0 radical (unpaired) electrons. The summed E-state index contributed by atoms with van der Waals surface area (Å²) in [5, 5.41) is 0.898. The second-order valence-corrected chi connectivity index (χ2v) is 4.70. The Labute approximate surface area is 117 Å². The van der Waals surface area contributed by atoms with Gasteiger partial charge in [0.25, 0.3) is 5.91 Å². The van der Waals surface area contributed by atoms with Gasteiger partial charge in [0.1, 0.15) is 5.58 Å². The van der Waals surface area contributed by atoms with Crippen LogP contribution < -0.4 is 0 Å². The van der Waals surface area contributed by atoms with Crippen LogP contribution in [0.2, 0.25) is 0 Å². The molecule has 0 aliphatic rings. The second kappa shape index (κ2) is 5.77. The largest absolute Gasteiger partial charge is 0.469 e. The lowest BCUT2D eigenvalue weighted by atomic mass is 10.2. The van der Waals surface area contributed by atoms with Gasteiger partial charge >= 0.3 is 5.97 Å². The number of ether oxygens (including phenoxy) is 1. The average Bonchev–Trinajstić information content (AvgIpc) is 2.86. The van der Waals surface area contributed by atoms with Gasteiger partial charge in [-0.15, -0.1) is 0 Å². The van der Waals surface area contributed by atoms with Crippen LogP contribution in [0.1, 0.15) is 22.5 Å². The molecular formula is C15H17NO4. The maximum atomic E-state index is 12.2. The summed E-state index contributed by atoms with van der Waals surface area (Å²) in [6.45, 7) is 2.28. The Kier molecular flexibility index (Phi) is 4.08. The van der Waals surface area contributed by atoms with Crippen LogP contribution in [0.5, 0.6) is 0 Å². The van der Waals surface area contributed by atoms with Crippen molar-refractivity contribution in [2.75, 3.05) is 20.7 Å². The molecule has 0 unspecified atom stereocenters. The maximum Gasteiger partial charge on any atom is 0.307 e. The minimum Gasteiger partial charge on any atom is -0.469 e. The monoisotopic (exact) mass is 275 g/mol. The smallest absolute Gasteiger partial charge is 0.307 e. The van der Waals surface area contributed by atoms with Crippen LogP contribution in [0, 0.1) is 6.92 Å². The number of aryl methyl sites for hydroxylation is 1. The predicted octanol–water partition coefficient (Wildman–Crippen LogP) is 2.38. The molecule has 0 spiro atoms. The molecule has 0 bridgehead atoms. The molecule has 106 valence electrons. The Hall–Kier alpha value is -2.30. The molecule has 0 atom stereocenters. The molecule has 1 aromatic heterocycles. The lowest BCUT2D eigenvalue weighted by Crippen LogP contribution is -2.28. The van der Waals surface area contributed by atoms with Crippen molar-refractivity contribution < 1.29 is 18.7 Å². The summed E-state index contributed by atoms with van der Waals surface area (Å²) in [6.07, 6.45) is 0.165. The fourth-order valence-electron chi connectivity index (χ4n) is 1.92. The summed E-state index contributed by atoms with van der Waals surface area (Å²) in [6, 6.07) is 7.46. The molecular weight excluding hydrogens is 258 g/mol. The minimum absolute atomic E-state index is 0.165. The zero-order chi connectivity index (χ0) is 14.7. The first-order chi connectivity index (χ1) is 9.51. The van der Waals surface area contributed by atoms with Crippen molar-refractivity contribution in [1.29, 1.82) is 0 Å². The third-order valence-corrected chi connectivity index (χ3v) is 3.11. The van der Waals surface area contributed by atoms with Crippen LogP contribution in [0.15, 0.2) is 28.7 Å². The van der Waals surface area contributed by atoms with Gasteiger partial charge in [-0.1, -0.05) is 11.6 Å². The SMILES string of the molecule is COC(=O)CCN(C)C(=O)c1cc2cc(C)ccc2o1. The van der Waals surface area contributed by atoms with Crippen molar-refractivity contribution in [2.24, 2.45) is 0 Å². The Morgan fingerprint density at radius 1 is 1.30 bits per heavy atom. The highest BCUT2D eigenvalue weighted by Crippen LogP contribution is 2.21. The number of carbonyl (C=O) groups is 2. The number of carbonyl (C=O) groups excluding carboxylic acids is 2. The first kappa shape index (κ1) is 14.1.